The molecule has 26 heavy (non-hydrogen) atoms. The van der Waals surface area contributed by atoms with E-state index >= 15 is 0 Å². The summed E-state index contributed by atoms with van der Waals surface area (Å²) in [6.45, 7) is 2.79. The molecule has 0 atom stereocenters. The van der Waals surface area contributed by atoms with Crippen LogP contribution >= 0.6 is 0 Å². The SMILES string of the molecule is Cc1cc(N2CC(C(F)F)C2)ccc1Nc1ccc2c(c1)OCC(=O)N2. The fourth-order valence-electron chi connectivity index (χ4n) is 3.18. The van der Waals surface area contributed by atoms with E-state index in [0.717, 1.165) is 22.6 Å². The van der Waals surface area contributed by atoms with Crippen molar-refractivity contribution >= 4 is 28.7 Å². The first-order chi connectivity index (χ1) is 12.5. The second-order valence-electron chi connectivity index (χ2n) is 6.67. The number of carbonyl (C=O) groups excluding carboxylic acids is 1. The summed E-state index contributed by atoms with van der Waals surface area (Å²) < 4.78 is 30.7. The smallest absolute Gasteiger partial charge is 0.262 e. The lowest BCUT2D eigenvalue weighted by Gasteiger charge is -2.40. The van der Waals surface area contributed by atoms with Crippen LogP contribution in [0.25, 0.3) is 0 Å². The number of nitrogens with one attached hydrogen (secondary N) is 2. The number of halogens is 2. The van der Waals surface area contributed by atoms with Gasteiger partial charge >= 0.3 is 0 Å². The average molecular weight is 359 g/mol. The number of hydrogen-bond acceptors (Lipinski definition) is 4. The van der Waals surface area contributed by atoms with Gasteiger partial charge in [-0.2, -0.15) is 0 Å². The molecule has 2 aliphatic heterocycles. The van der Waals surface area contributed by atoms with Crippen LogP contribution in [0.1, 0.15) is 5.56 Å². The van der Waals surface area contributed by atoms with Gasteiger partial charge in [-0.05, 0) is 42.8 Å². The van der Waals surface area contributed by atoms with Crippen LogP contribution in [0.3, 0.4) is 0 Å². The molecule has 136 valence electrons. The van der Waals surface area contributed by atoms with Crippen LogP contribution in [0.2, 0.25) is 0 Å². The van der Waals surface area contributed by atoms with Crippen molar-refractivity contribution in [1.29, 1.82) is 0 Å². The first-order valence-electron chi connectivity index (χ1n) is 8.47. The van der Waals surface area contributed by atoms with Crippen molar-refractivity contribution in [2.24, 2.45) is 5.92 Å². The van der Waals surface area contributed by atoms with Crippen molar-refractivity contribution < 1.29 is 18.3 Å². The zero-order valence-electron chi connectivity index (χ0n) is 14.3. The van der Waals surface area contributed by atoms with Crippen LogP contribution in [-0.4, -0.2) is 32.0 Å². The fraction of sp³-hybridized carbons (Fsp3) is 0.316. The molecule has 5 nitrogen and oxygen atoms in total. The number of alkyl halides is 2. The summed E-state index contributed by atoms with van der Waals surface area (Å²) in [5.41, 5.74) is 4.42. The molecule has 0 spiro atoms. The first-order valence-corrected chi connectivity index (χ1v) is 8.47. The lowest BCUT2D eigenvalue weighted by molar-refractivity contribution is -0.118. The van der Waals surface area contributed by atoms with Gasteiger partial charge in [0.2, 0.25) is 6.43 Å². The van der Waals surface area contributed by atoms with Gasteiger partial charge in [0.1, 0.15) is 5.75 Å². The van der Waals surface area contributed by atoms with Crippen LogP contribution in [0.4, 0.5) is 31.5 Å². The molecule has 7 heteroatoms. The van der Waals surface area contributed by atoms with E-state index in [9.17, 15) is 13.6 Å². The second-order valence-corrected chi connectivity index (χ2v) is 6.67. The predicted octanol–water partition coefficient (Wildman–Crippen LogP) is 3.77. The Labute approximate surface area is 149 Å². The Morgan fingerprint density at radius 2 is 2.04 bits per heavy atom. The predicted molar refractivity (Wildman–Crippen MR) is 96.7 cm³/mol. The van der Waals surface area contributed by atoms with E-state index in [4.69, 9.17) is 4.74 Å². The topological polar surface area (TPSA) is 53.6 Å². The van der Waals surface area contributed by atoms with Gasteiger partial charge in [-0.15, -0.1) is 0 Å². The third-order valence-electron chi connectivity index (χ3n) is 4.73. The summed E-state index contributed by atoms with van der Waals surface area (Å²) in [5, 5.41) is 6.09. The van der Waals surface area contributed by atoms with Crippen LogP contribution in [0.15, 0.2) is 36.4 Å². The molecule has 1 fully saturated rings. The summed E-state index contributed by atoms with van der Waals surface area (Å²) in [7, 11) is 0. The summed E-state index contributed by atoms with van der Waals surface area (Å²) >= 11 is 0. The molecule has 0 aromatic heterocycles. The Bertz CT molecular complexity index is 851. The number of benzene rings is 2. The Hall–Kier alpha value is -2.83. The molecule has 1 saturated heterocycles. The molecule has 0 aliphatic carbocycles. The van der Waals surface area contributed by atoms with E-state index < -0.39 is 12.3 Å². The van der Waals surface area contributed by atoms with E-state index in [1.165, 1.54) is 0 Å². The molecule has 0 radical (unpaired) electrons. The van der Waals surface area contributed by atoms with Crippen molar-refractivity contribution in [2.45, 2.75) is 13.3 Å². The summed E-state index contributed by atoms with van der Waals surface area (Å²) in [4.78, 5) is 13.3. The number of fused-ring (bicyclic) bond motifs is 1. The minimum absolute atomic E-state index is 0.0135. The van der Waals surface area contributed by atoms with E-state index in [-0.39, 0.29) is 12.5 Å². The highest BCUT2D eigenvalue weighted by Crippen LogP contribution is 2.34. The third-order valence-corrected chi connectivity index (χ3v) is 4.73. The Morgan fingerprint density at radius 1 is 1.23 bits per heavy atom. The highest BCUT2D eigenvalue weighted by atomic mass is 19.3. The molecular weight excluding hydrogens is 340 g/mol. The second kappa shape index (κ2) is 6.48. The molecule has 1 amide bonds. The van der Waals surface area contributed by atoms with E-state index in [1.54, 1.807) is 6.07 Å². The number of amides is 1. The maximum Gasteiger partial charge on any atom is 0.262 e. The number of anilines is 4. The zero-order valence-corrected chi connectivity index (χ0v) is 14.3. The molecule has 2 N–H and O–H groups in total. The van der Waals surface area contributed by atoms with Gasteiger partial charge in [0.25, 0.3) is 5.91 Å². The summed E-state index contributed by atoms with van der Waals surface area (Å²) in [6, 6.07) is 11.4. The summed E-state index contributed by atoms with van der Waals surface area (Å²) in [5.74, 6) is -0.0590. The van der Waals surface area contributed by atoms with E-state index in [0.29, 0.717) is 24.5 Å². The minimum atomic E-state index is -2.25. The Kier molecular flexibility index (Phi) is 4.14. The molecule has 0 unspecified atom stereocenters. The zero-order chi connectivity index (χ0) is 18.3. The van der Waals surface area contributed by atoms with Crippen LogP contribution in [-0.2, 0) is 4.79 Å². The minimum Gasteiger partial charge on any atom is -0.482 e. The van der Waals surface area contributed by atoms with Gasteiger partial charge in [-0.3, -0.25) is 4.79 Å². The van der Waals surface area contributed by atoms with Gasteiger partial charge in [-0.1, -0.05) is 0 Å². The number of rotatable bonds is 4. The molecule has 2 heterocycles. The lowest BCUT2D eigenvalue weighted by atomic mass is 9.99. The maximum absolute atomic E-state index is 12.6. The lowest BCUT2D eigenvalue weighted by Crippen LogP contribution is -2.50. The number of aryl methyl sites for hydroxylation is 1. The molecular formula is C19H19F2N3O2. The summed E-state index contributed by atoms with van der Waals surface area (Å²) in [6.07, 6.45) is -2.25. The molecule has 4 rings (SSSR count). The van der Waals surface area contributed by atoms with E-state index in [2.05, 4.69) is 10.6 Å². The van der Waals surface area contributed by atoms with Crippen molar-refractivity contribution in [3.05, 3.63) is 42.0 Å². The van der Waals surface area contributed by atoms with Gasteiger partial charge in [-0.25, -0.2) is 8.78 Å². The van der Waals surface area contributed by atoms with Crippen LogP contribution in [0, 0.1) is 12.8 Å². The maximum atomic E-state index is 12.6. The van der Waals surface area contributed by atoms with Gasteiger partial charge < -0.3 is 20.3 Å². The number of hydrogen-bond donors (Lipinski definition) is 2. The van der Waals surface area contributed by atoms with Crippen molar-refractivity contribution in [3.63, 3.8) is 0 Å². The van der Waals surface area contributed by atoms with Gasteiger partial charge in [0, 0.05) is 36.2 Å². The Morgan fingerprint density at radius 3 is 2.77 bits per heavy atom. The molecule has 2 aliphatic rings. The average Bonchev–Trinajstić information content (AvgIpc) is 2.55. The monoisotopic (exact) mass is 359 g/mol. The van der Waals surface area contributed by atoms with E-state index in [1.807, 2.05) is 42.2 Å². The third kappa shape index (κ3) is 3.16. The van der Waals surface area contributed by atoms with Gasteiger partial charge in [0.15, 0.2) is 6.61 Å². The van der Waals surface area contributed by atoms with Gasteiger partial charge in [0.05, 0.1) is 11.6 Å². The molecule has 2 aromatic rings. The molecule has 0 saturated carbocycles. The van der Waals surface area contributed by atoms with Crippen LogP contribution < -0.4 is 20.3 Å². The first kappa shape index (κ1) is 16.6. The number of carbonyl (C=O) groups is 1. The number of nitrogens with zero attached hydrogens (tertiary/aromatic N) is 1. The highest BCUT2D eigenvalue weighted by molar-refractivity contribution is 5.95. The van der Waals surface area contributed by atoms with Crippen molar-refractivity contribution in [2.75, 3.05) is 35.2 Å². The van der Waals surface area contributed by atoms with Crippen LogP contribution in [0.5, 0.6) is 5.75 Å². The normalized spacial score (nSPS) is 16.6. The molecule has 2 aromatic carbocycles. The number of ether oxygens (including phenoxy) is 1. The Balaban J connectivity index is 1.46. The molecule has 0 bridgehead atoms. The van der Waals surface area contributed by atoms with Crippen molar-refractivity contribution in [1.82, 2.24) is 0 Å². The fourth-order valence-corrected chi connectivity index (χ4v) is 3.18. The van der Waals surface area contributed by atoms with Crippen molar-refractivity contribution in [3.8, 4) is 5.75 Å². The highest BCUT2D eigenvalue weighted by Gasteiger charge is 2.34. The largest absolute Gasteiger partial charge is 0.482 e. The standard InChI is InChI=1S/C19H19F2N3O2/c1-11-6-14(24-8-12(9-24)19(20)21)3-5-15(11)22-13-2-4-16-17(7-13)26-10-18(25)23-16/h2-7,12,19,22H,8-10H2,1H3,(H,23,25). The quantitative estimate of drug-likeness (QED) is 0.873.